The van der Waals surface area contributed by atoms with Gasteiger partial charge in [0.25, 0.3) is 0 Å². The van der Waals surface area contributed by atoms with E-state index in [-0.39, 0.29) is 5.41 Å². The van der Waals surface area contributed by atoms with Crippen molar-refractivity contribution >= 4 is 5.69 Å². The molecule has 1 fully saturated rings. The highest BCUT2D eigenvalue weighted by Gasteiger charge is 2.42. The van der Waals surface area contributed by atoms with E-state index in [2.05, 4.69) is 70.4 Å². The average Bonchev–Trinajstić information content (AvgIpc) is 3.26. The van der Waals surface area contributed by atoms with E-state index in [9.17, 15) is 0 Å². The molecular formula is C27H27N5O. The van der Waals surface area contributed by atoms with Crippen LogP contribution in [0.2, 0.25) is 0 Å². The zero-order chi connectivity index (χ0) is 22.4. The minimum atomic E-state index is -0.0362. The molecule has 166 valence electrons. The van der Waals surface area contributed by atoms with Crippen molar-refractivity contribution < 1.29 is 4.74 Å². The first-order chi connectivity index (χ1) is 16.1. The summed E-state index contributed by atoms with van der Waals surface area (Å²) in [5.74, 6) is 0.691. The van der Waals surface area contributed by atoms with Crippen LogP contribution < -0.4 is 4.90 Å². The second-order valence-electron chi connectivity index (χ2n) is 9.20. The van der Waals surface area contributed by atoms with E-state index >= 15 is 0 Å². The molecule has 0 saturated carbocycles. The van der Waals surface area contributed by atoms with E-state index in [0.29, 0.717) is 5.82 Å². The lowest BCUT2D eigenvalue weighted by molar-refractivity contribution is -0.0379. The fourth-order valence-corrected chi connectivity index (χ4v) is 4.85. The van der Waals surface area contributed by atoms with Gasteiger partial charge in [-0.3, -0.25) is 4.68 Å². The van der Waals surface area contributed by atoms with Gasteiger partial charge in [-0.1, -0.05) is 42.0 Å². The topological polar surface area (TPSA) is 56.1 Å². The van der Waals surface area contributed by atoms with Crippen LogP contribution in [-0.4, -0.2) is 39.5 Å². The fraction of sp³-hybridized carbons (Fsp3) is 0.296. The second kappa shape index (κ2) is 7.81. The van der Waals surface area contributed by atoms with Gasteiger partial charge in [0.2, 0.25) is 0 Å². The standard InChI is InChI=1S/C27H27N5O/c1-19-3-5-21(6-4-19)27(17-33-18-27)22-7-9-23(10-8-22)32-14-11-20-15-28-26(29-25(20)16-32)24-12-13-31(2)30-24/h3-10,12-13,15H,11,14,16-18H2,1-2H3. The van der Waals surface area contributed by atoms with Crippen molar-refractivity contribution in [1.29, 1.82) is 0 Å². The molecule has 0 bridgehead atoms. The van der Waals surface area contributed by atoms with Crippen LogP contribution in [0, 0.1) is 6.92 Å². The summed E-state index contributed by atoms with van der Waals surface area (Å²) in [7, 11) is 1.91. The lowest BCUT2D eigenvalue weighted by atomic mass is 9.73. The van der Waals surface area contributed by atoms with E-state index in [1.165, 1.54) is 27.9 Å². The highest BCUT2D eigenvalue weighted by molar-refractivity contribution is 5.54. The number of ether oxygens (including phenoxy) is 1. The van der Waals surface area contributed by atoms with Crippen LogP contribution in [0.3, 0.4) is 0 Å². The van der Waals surface area contributed by atoms with Crippen LogP contribution in [0.1, 0.15) is 27.9 Å². The Hall–Kier alpha value is -3.51. The number of hydrogen-bond acceptors (Lipinski definition) is 5. The Morgan fingerprint density at radius 2 is 1.67 bits per heavy atom. The first-order valence-corrected chi connectivity index (χ1v) is 11.5. The van der Waals surface area contributed by atoms with Crippen molar-refractivity contribution in [3.63, 3.8) is 0 Å². The molecule has 6 nitrogen and oxygen atoms in total. The number of aromatic nitrogens is 4. The first kappa shape index (κ1) is 20.1. The van der Waals surface area contributed by atoms with Gasteiger partial charge in [-0.15, -0.1) is 0 Å². The molecule has 6 heteroatoms. The van der Waals surface area contributed by atoms with Crippen LogP contribution in [-0.2, 0) is 30.2 Å². The molecule has 2 aliphatic heterocycles. The van der Waals surface area contributed by atoms with Crippen LogP contribution in [0.5, 0.6) is 0 Å². The van der Waals surface area contributed by atoms with Crippen molar-refractivity contribution in [2.24, 2.45) is 7.05 Å². The van der Waals surface area contributed by atoms with E-state index in [1.807, 2.05) is 25.5 Å². The minimum Gasteiger partial charge on any atom is -0.379 e. The maximum atomic E-state index is 5.68. The van der Waals surface area contributed by atoms with E-state index < -0.39 is 0 Å². The Labute approximate surface area is 193 Å². The van der Waals surface area contributed by atoms with Gasteiger partial charge in [-0.2, -0.15) is 5.10 Å². The summed E-state index contributed by atoms with van der Waals surface area (Å²) in [5, 5.41) is 4.45. The number of anilines is 1. The van der Waals surface area contributed by atoms with E-state index in [0.717, 1.165) is 44.1 Å². The summed E-state index contributed by atoms with van der Waals surface area (Å²) in [4.78, 5) is 11.8. The fourth-order valence-electron chi connectivity index (χ4n) is 4.85. The lowest BCUT2D eigenvalue weighted by Crippen LogP contribution is -2.47. The smallest absolute Gasteiger partial charge is 0.180 e. The number of benzene rings is 2. The maximum Gasteiger partial charge on any atom is 0.180 e. The number of aryl methyl sites for hydroxylation is 2. The number of fused-ring (bicyclic) bond motifs is 1. The number of rotatable bonds is 4. The molecule has 0 amide bonds. The van der Waals surface area contributed by atoms with Crippen LogP contribution in [0.25, 0.3) is 11.5 Å². The molecule has 6 rings (SSSR count). The van der Waals surface area contributed by atoms with Crippen molar-refractivity contribution in [3.8, 4) is 11.5 Å². The van der Waals surface area contributed by atoms with E-state index in [4.69, 9.17) is 9.72 Å². The Morgan fingerprint density at radius 3 is 2.30 bits per heavy atom. The molecule has 2 aromatic carbocycles. The lowest BCUT2D eigenvalue weighted by Gasteiger charge is -2.43. The Bertz CT molecular complexity index is 1290. The summed E-state index contributed by atoms with van der Waals surface area (Å²) in [6.07, 6.45) is 4.83. The van der Waals surface area contributed by atoms with Crippen molar-refractivity contribution in [3.05, 3.63) is 94.9 Å². The van der Waals surface area contributed by atoms with Gasteiger partial charge in [0.05, 0.1) is 30.9 Å². The first-order valence-electron chi connectivity index (χ1n) is 11.5. The quantitative estimate of drug-likeness (QED) is 0.482. The third-order valence-corrected chi connectivity index (χ3v) is 6.97. The van der Waals surface area contributed by atoms with Gasteiger partial charge in [-0.05, 0) is 48.2 Å². The summed E-state index contributed by atoms with van der Waals surface area (Å²) in [5.41, 5.74) is 8.25. The molecule has 4 heterocycles. The van der Waals surface area contributed by atoms with Crippen molar-refractivity contribution in [1.82, 2.24) is 19.7 Å². The molecule has 0 radical (unpaired) electrons. The predicted octanol–water partition coefficient (Wildman–Crippen LogP) is 4.06. The molecule has 0 atom stereocenters. The Kier molecular flexibility index (Phi) is 4.76. The molecule has 4 aromatic rings. The van der Waals surface area contributed by atoms with Gasteiger partial charge in [-0.25, -0.2) is 9.97 Å². The van der Waals surface area contributed by atoms with Gasteiger partial charge < -0.3 is 9.64 Å². The second-order valence-corrected chi connectivity index (χ2v) is 9.20. The monoisotopic (exact) mass is 437 g/mol. The summed E-state index contributed by atoms with van der Waals surface area (Å²) >= 11 is 0. The van der Waals surface area contributed by atoms with Crippen LogP contribution >= 0.6 is 0 Å². The van der Waals surface area contributed by atoms with Crippen LogP contribution in [0.4, 0.5) is 5.69 Å². The molecular weight excluding hydrogens is 410 g/mol. The third kappa shape index (κ3) is 3.51. The highest BCUT2D eigenvalue weighted by atomic mass is 16.5. The SMILES string of the molecule is Cc1ccc(C2(c3ccc(N4CCc5cnc(-c6ccn(C)n6)nc5C4)cc3)COC2)cc1. The zero-order valence-electron chi connectivity index (χ0n) is 19.0. The van der Waals surface area contributed by atoms with E-state index in [1.54, 1.807) is 4.68 Å². The van der Waals surface area contributed by atoms with Crippen molar-refractivity contribution in [2.75, 3.05) is 24.7 Å². The predicted molar refractivity (Wildman–Crippen MR) is 128 cm³/mol. The minimum absolute atomic E-state index is 0.0362. The largest absolute Gasteiger partial charge is 0.379 e. The van der Waals surface area contributed by atoms with Gasteiger partial charge >= 0.3 is 0 Å². The molecule has 0 N–H and O–H groups in total. The Balaban J connectivity index is 1.25. The Morgan fingerprint density at radius 1 is 0.939 bits per heavy atom. The van der Waals surface area contributed by atoms with Crippen LogP contribution in [0.15, 0.2) is 67.0 Å². The zero-order valence-corrected chi connectivity index (χ0v) is 19.0. The maximum absolute atomic E-state index is 5.68. The average molecular weight is 438 g/mol. The molecule has 2 aliphatic rings. The number of hydrogen-bond donors (Lipinski definition) is 0. The molecule has 0 aliphatic carbocycles. The molecule has 2 aromatic heterocycles. The van der Waals surface area contributed by atoms with Gasteiger partial charge in [0.15, 0.2) is 5.82 Å². The molecule has 0 spiro atoms. The summed E-state index contributed by atoms with van der Waals surface area (Å²) < 4.78 is 7.46. The molecule has 1 saturated heterocycles. The molecule has 33 heavy (non-hydrogen) atoms. The van der Waals surface area contributed by atoms with Gasteiger partial charge in [0, 0.05) is 31.7 Å². The normalized spacial score (nSPS) is 16.8. The summed E-state index contributed by atoms with van der Waals surface area (Å²) in [6, 6.07) is 19.9. The molecule has 0 unspecified atom stereocenters. The summed E-state index contributed by atoms with van der Waals surface area (Å²) in [6.45, 7) is 5.34. The highest BCUT2D eigenvalue weighted by Crippen LogP contribution is 2.40. The van der Waals surface area contributed by atoms with Gasteiger partial charge in [0.1, 0.15) is 5.69 Å². The number of nitrogens with zero attached hydrogens (tertiary/aromatic N) is 5. The van der Waals surface area contributed by atoms with Crippen molar-refractivity contribution in [2.45, 2.75) is 25.3 Å². The third-order valence-electron chi connectivity index (χ3n) is 6.97.